The second kappa shape index (κ2) is 3.17. The average molecular weight is 193 g/mol. The fraction of sp³-hybridized carbons (Fsp3) is 0.333. The molecule has 74 valence electrons. The molecular weight excluding hydrogens is 182 g/mol. The van der Waals surface area contributed by atoms with E-state index < -0.39 is 6.02 Å². The number of nitrogens with zero attached hydrogens (tertiary/aromatic N) is 3. The topological polar surface area (TPSA) is 68.4 Å². The van der Waals surface area contributed by atoms with Gasteiger partial charge in [0.2, 0.25) is 5.90 Å². The summed E-state index contributed by atoms with van der Waals surface area (Å²) in [5.74, 6) is -0.179. The van der Waals surface area contributed by atoms with Crippen molar-refractivity contribution in [3.8, 4) is 0 Å². The van der Waals surface area contributed by atoms with Gasteiger partial charge in [-0.05, 0) is 25.3 Å². The first kappa shape index (κ1) is 8.80. The van der Waals surface area contributed by atoms with Crippen LogP contribution in [0.4, 0.5) is 0 Å². The van der Waals surface area contributed by atoms with Gasteiger partial charge >= 0.3 is 6.02 Å². The summed E-state index contributed by atoms with van der Waals surface area (Å²) in [5, 5.41) is 23.9. The average Bonchev–Trinajstić information content (AvgIpc) is 2.27. The maximum Gasteiger partial charge on any atom is 0.335 e. The molecule has 0 aliphatic carbocycles. The zero-order valence-corrected chi connectivity index (χ0v) is 7.80. The first-order chi connectivity index (χ1) is 6.68. The fourth-order valence-electron chi connectivity index (χ4n) is 1.51. The van der Waals surface area contributed by atoms with E-state index in [1.54, 1.807) is 6.20 Å². The Bertz CT molecular complexity index is 380. The predicted octanol–water partition coefficient (Wildman–Crippen LogP) is 1.67. The highest BCUT2D eigenvalue weighted by atomic mass is 16.3. The van der Waals surface area contributed by atoms with E-state index in [4.69, 9.17) is 5.11 Å². The third kappa shape index (κ3) is 1.37. The van der Waals surface area contributed by atoms with Crippen molar-refractivity contribution in [2.75, 3.05) is 0 Å². The van der Waals surface area contributed by atoms with Crippen LogP contribution in [0.5, 0.6) is 0 Å². The molecule has 2 rings (SSSR count). The molecule has 0 saturated heterocycles. The van der Waals surface area contributed by atoms with Gasteiger partial charge in [-0.15, -0.1) is 5.10 Å². The number of amidine groups is 1. The second-order valence-electron chi connectivity index (χ2n) is 3.23. The number of fused-ring (bicyclic) bond motifs is 1. The van der Waals surface area contributed by atoms with Crippen LogP contribution in [-0.4, -0.2) is 27.1 Å². The molecular formula is C9H11N3O2. The van der Waals surface area contributed by atoms with Crippen LogP contribution in [0.15, 0.2) is 33.6 Å². The van der Waals surface area contributed by atoms with Gasteiger partial charge in [0.25, 0.3) is 0 Å². The smallest absolute Gasteiger partial charge is 0.335 e. The van der Waals surface area contributed by atoms with Crippen molar-refractivity contribution >= 4 is 11.9 Å². The third-order valence-electron chi connectivity index (χ3n) is 2.18. The van der Waals surface area contributed by atoms with Crippen LogP contribution in [0.25, 0.3) is 0 Å². The van der Waals surface area contributed by atoms with Crippen molar-refractivity contribution in [1.29, 1.82) is 0 Å². The summed E-state index contributed by atoms with van der Waals surface area (Å²) in [6, 6.07) is -0.425. The molecule has 2 aliphatic rings. The van der Waals surface area contributed by atoms with Gasteiger partial charge in [0.15, 0.2) is 0 Å². The van der Waals surface area contributed by atoms with E-state index in [2.05, 4.69) is 10.1 Å². The molecule has 0 spiro atoms. The van der Waals surface area contributed by atoms with Gasteiger partial charge in [0.05, 0.1) is 0 Å². The molecule has 0 fully saturated rings. The SMILES string of the molecule is CC1=C2C(O)=NC(O)=NN2C=CCC1. The molecule has 0 aromatic carbocycles. The van der Waals surface area contributed by atoms with Gasteiger partial charge in [-0.1, -0.05) is 6.08 Å². The van der Waals surface area contributed by atoms with Crippen LogP contribution in [0, 0.1) is 0 Å². The minimum absolute atomic E-state index is 0.179. The number of aliphatic hydroxyl groups excluding tert-OH is 2. The van der Waals surface area contributed by atoms with Crippen LogP contribution >= 0.6 is 0 Å². The molecule has 0 radical (unpaired) electrons. The number of rotatable bonds is 0. The predicted molar refractivity (Wildman–Crippen MR) is 53.0 cm³/mol. The van der Waals surface area contributed by atoms with Crippen molar-refractivity contribution in [2.24, 2.45) is 10.1 Å². The Morgan fingerprint density at radius 3 is 3.00 bits per heavy atom. The van der Waals surface area contributed by atoms with E-state index in [0.717, 1.165) is 18.4 Å². The van der Waals surface area contributed by atoms with Gasteiger partial charge in [0.1, 0.15) is 5.70 Å². The van der Waals surface area contributed by atoms with Crippen molar-refractivity contribution < 1.29 is 10.2 Å². The Morgan fingerprint density at radius 1 is 1.43 bits per heavy atom. The summed E-state index contributed by atoms with van der Waals surface area (Å²) in [4.78, 5) is 3.50. The number of hydrogen-bond donors (Lipinski definition) is 2. The molecule has 0 atom stereocenters. The van der Waals surface area contributed by atoms with E-state index >= 15 is 0 Å². The molecule has 0 aromatic heterocycles. The highest BCUT2D eigenvalue weighted by Gasteiger charge is 2.22. The quantitative estimate of drug-likeness (QED) is 0.614. The molecule has 2 heterocycles. The van der Waals surface area contributed by atoms with Gasteiger partial charge in [-0.2, -0.15) is 4.99 Å². The van der Waals surface area contributed by atoms with Crippen LogP contribution < -0.4 is 0 Å². The second-order valence-corrected chi connectivity index (χ2v) is 3.23. The third-order valence-corrected chi connectivity index (χ3v) is 2.18. The molecule has 0 unspecified atom stereocenters. The Labute approximate surface area is 81.4 Å². The van der Waals surface area contributed by atoms with Gasteiger partial charge in [-0.3, -0.25) is 0 Å². The lowest BCUT2D eigenvalue weighted by atomic mass is 10.1. The van der Waals surface area contributed by atoms with Crippen molar-refractivity contribution in [2.45, 2.75) is 19.8 Å². The van der Waals surface area contributed by atoms with E-state index in [1.165, 1.54) is 5.01 Å². The Morgan fingerprint density at radius 2 is 2.21 bits per heavy atom. The molecule has 2 N–H and O–H groups in total. The molecule has 0 bridgehead atoms. The first-order valence-electron chi connectivity index (χ1n) is 4.39. The Balaban J connectivity index is 2.50. The van der Waals surface area contributed by atoms with Crippen LogP contribution in [0.2, 0.25) is 0 Å². The van der Waals surface area contributed by atoms with Crippen molar-refractivity contribution in [1.82, 2.24) is 5.01 Å². The summed E-state index contributed by atoms with van der Waals surface area (Å²) < 4.78 is 0. The zero-order valence-electron chi connectivity index (χ0n) is 7.80. The highest BCUT2D eigenvalue weighted by molar-refractivity contribution is 6.00. The largest absolute Gasteiger partial charge is 0.492 e. The van der Waals surface area contributed by atoms with Gasteiger partial charge in [-0.25, -0.2) is 5.01 Å². The Hall–Kier alpha value is -1.78. The molecule has 5 nitrogen and oxygen atoms in total. The Kier molecular flexibility index (Phi) is 1.99. The molecule has 5 heteroatoms. The summed E-state index contributed by atoms with van der Waals surface area (Å²) in [6.07, 6.45) is 5.41. The standard InChI is InChI=1S/C9H11N3O2/c1-6-4-2-3-5-12-7(6)8(13)10-9(14)11-12/h3,5H,2,4H2,1H3,(H2,10,11,13,14). The lowest BCUT2D eigenvalue weighted by molar-refractivity contribution is 0.422. The number of allylic oxidation sites excluding steroid dienone is 2. The summed E-state index contributed by atoms with van der Waals surface area (Å²) in [5.41, 5.74) is 1.57. The molecule has 0 aromatic rings. The molecule has 0 saturated carbocycles. The van der Waals surface area contributed by atoms with Gasteiger partial charge < -0.3 is 10.2 Å². The number of hydrazone groups is 1. The summed E-state index contributed by atoms with van der Waals surface area (Å²) >= 11 is 0. The number of hydrogen-bond acceptors (Lipinski definition) is 3. The molecule has 14 heavy (non-hydrogen) atoms. The number of aliphatic hydroxyl groups is 2. The first-order valence-corrected chi connectivity index (χ1v) is 4.39. The summed E-state index contributed by atoms with van der Waals surface area (Å²) in [7, 11) is 0. The maximum atomic E-state index is 9.55. The lowest BCUT2D eigenvalue weighted by Crippen LogP contribution is -2.25. The van der Waals surface area contributed by atoms with Crippen molar-refractivity contribution in [3.05, 3.63) is 23.5 Å². The van der Waals surface area contributed by atoms with Gasteiger partial charge in [0, 0.05) is 6.20 Å². The van der Waals surface area contributed by atoms with E-state index in [9.17, 15) is 5.11 Å². The maximum absolute atomic E-state index is 9.55. The van der Waals surface area contributed by atoms with E-state index in [-0.39, 0.29) is 5.90 Å². The van der Waals surface area contributed by atoms with E-state index in [1.807, 2.05) is 13.0 Å². The van der Waals surface area contributed by atoms with Crippen LogP contribution in [0.3, 0.4) is 0 Å². The molecule has 2 aliphatic heterocycles. The molecule has 0 amide bonds. The highest BCUT2D eigenvalue weighted by Crippen LogP contribution is 2.23. The monoisotopic (exact) mass is 193 g/mol. The lowest BCUT2D eigenvalue weighted by Gasteiger charge is -2.20. The fourth-order valence-corrected chi connectivity index (χ4v) is 1.51. The van der Waals surface area contributed by atoms with Crippen LogP contribution in [-0.2, 0) is 0 Å². The van der Waals surface area contributed by atoms with Crippen molar-refractivity contribution in [3.63, 3.8) is 0 Å². The zero-order chi connectivity index (χ0) is 10.1. The van der Waals surface area contributed by atoms with Crippen LogP contribution in [0.1, 0.15) is 19.8 Å². The number of aliphatic imine (C=N–C) groups is 1. The summed E-state index contributed by atoms with van der Waals surface area (Å²) in [6.45, 7) is 1.92. The van der Waals surface area contributed by atoms with E-state index in [0.29, 0.717) is 5.70 Å². The minimum atomic E-state index is -0.425. The normalized spacial score (nSPS) is 21.4. The minimum Gasteiger partial charge on any atom is -0.492 e.